The van der Waals surface area contributed by atoms with E-state index in [1.165, 1.54) is 4.88 Å². The lowest BCUT2D eigenvalue weighted by molar-refractivity contribution is 0.0998. The zero-order valence-electron chi connectivity index (χ0n) is 18.4. The summed E-state index contributed by atoms with van der Waals surface area (Å²) in [5.74, 6) is 0.557. The monoisotopic (exact) mass is 500 g/mol. The van der Waals surface area contributed by atoms with Crippen molar-refractivity contribution < 1.29 is 9.53 Å². The number of ether oxygens (including phenoxy) is 1. The number of hydrogen-bond acceptors (Lipinski definition) is 3. The summed E-state index contributed by atoms with van der Waals surface area (Å²) < 4.78 is 8.89. The summed E-state index contributed by atoms with van der Waals surface area (Å²) in [6.45, 7) is 7.85. The van der Waals surface area contributed by atoms with Gasteiger partial charge in [-0.05, 0) is 61.7 Å². The average Bonchev–Trinajstić information content (AvgIpc) is 3.12. The number of unbranched alkanes of at least 4 members (excludes halogenated alkanes) is 1. The lowest BCUT2D eigenvalue weighted by Crippen LogP contribution is -2.17. The van der Waals surface area contributed by atoms with Crippen molar-refractivity contribution in [2.24, 2.45) is 4.99 Å². The molecule has 0 saturated heterocycles. The molecule has 0 saturated carbocycles. The van der Waals surface area contributed by atoms with Crippen molar-refractivity contribution in [2.75, 3.05) is 6.61 Å². The zero-order chi connectivity index (χ0) is 22.2. The second-order valence-corrected chi connectivity index (χ2v) is 9.28. The van der Waals surface area contributed by atoms with E-state index in [1.807, 2.05) is 12.1 Å². The highest BCUT2D eigenvalue weighted by molar-refractivity contribution is 9.10. The Bertz CT molecular complexity index is 1070. The molecular weight excluding hydrogens is 472 g/mol. The Morgan fingerprint density at radius 3 is 2.35 bits per heavy atom. The fourth-order valence-corrected chi connectivity index (χ4v) is 4.91. The largest absolute Gasteiger partial charge is 0.494 e. The van der Waals surface area contributed by atoms with Crippen LogP contribution in [0.5, 0.6) is 5.75 Å². The van der Waals surface area contributed by atoms with Crippen LogP contribution in [0, 0.1) is 0 Å². The van der Waals surface area contributed by atoms with Gasteiger partial charge in [0.25, 0.3) is 5.91 Å². The molecular formula is C25H29BrN2O2S. The predicted molar refractivity (Wildman–Crippen MR) is 132 cm³/mol. The van der Waals surface area contributed by atoms with Crippen molar-refractivity contribution in [3.05, 3.63) is 68.2 Å². The van der Waals surface area contributed by atoms with Gasteiger partial charge in [0.2, 0.25) is 0 Å². The van der Waals surface area contributed by atoms with Crippen molar-refractivity contribution >= 4 is 33.2 Å². The quantitative estimate of drug-likeness (QED) is 0.300. The van der Waals surface area contributed by atoms with E-state index >= 15 is 0 Å². The minimum absolute atomic E-state index is 0.228. The van der Waals surface area contributed by atoms with E-state index in [2.05, 4.69) is 70.5 Å². The van der Waals surface area contributed by atoms with Gasteiger partial charge in [0, 0.05) is 21.5 Å². The molecule has 1 aromatic heterocycles. The molecule has 0 aliphatic carbocycles. The first-order valence-corrected chi connectivity index (χ1v) is 12.5. The lowest BCUT2D eigenvalue weighted by atomic mass is 10.1. The van der Waals surface area contributed by atoms with Crippen LogP contribution in [0.3, 0.4) is 0 Å². The van der Waals surface area contributed by atoms with E-state index in [9.17, 15) is 4.79 Å². The molecule has 3 aromatic rings. The van der Waals surface area contributed by atoms with Gasteiger partial charge in [0.05, 0.1) is 12.3 Å². The van der Waals surface area contributed by atoms with Crippen molar-refractivity contribution in [3.8, 4) is 17.0 Å². The molecule has 0 unspecified atom stereocenters. The van der Waals surface area contributed by atoms with Crippen LogP contribution in [0.4, 0.5) is 0 Å². The van der Waals surface area contributed by atoms with E-state index in [0.717, 1.165) is 58.5 Å². The molecule has 6 heteroatoms. The molecule has 0 N–H and O–H groups in total. The van der Waals surface area contributed by atoms with Crippen LogP contribution < -0.4 is 9.54 Å². The number of aromatic nitrogens is 1. The number of carbonyl (C=O) groups is 1. The lowest BCUT2D eigenvalue weighted by Gasteiger charge is -2.09. The Kier molecular flexibility index (Phi) is 8.67. The number of rotatable bonds is 9. The number of amides is 1. The van der Waals surface area contributed by atoms with E-state index in [-0.39, 0.29) is 5.91 Å². The van der Waals surface area contributed by atoms with Crippen LogP contribution in [0.2, 0.25) is 0 Å². The third-order valence-electron chi connectivity index (χ3n) is 4.96. The molecule has 0 atom stereocenters. The van der Waals surface area contributed by atoms with Gasteiger partial charge in [0.15, 0.2) is 4.80 Å². The first-order chi connectivity index (χ1) is 15.1. The maximum absolute atomic E-state index is 12.9. The number of carbonyl (C=O) groups excluding carboxylic acids is 1. The molecule has 0 spiro atoms. The molecule has 31 heavy (non-hydrogen) atoms. The standard InChI is InChI=1S/C25H29BrN2O2S/c1-4-7-17-30-21-15-11-19(12-16-21)24(29)27-25-28(6-3)23(22(31-25)8-5-2)18-9-13-20(26)14-10-18/h9-16H,4-8,17H2,1-3H3. The first-order valence-electron chi connectivity index (χ1n) is 10.9. The van der Waals surface area contributed by atoms with Gasteiger partial charge in [-0.1, -0.05) is 54.8 Å². The van der Waals surface area contributed by atoms with Crippen molar-refractivity contribution in [1.82, 2.24) is 4.57 Å². The maximum atomic E-state index is 12.9. The number of nitrogens with zero attached hydrogens (tertiary/aromatic N) is 2. The molecule has 3 rings (SSSR count). The number of aryl methyl sites for hydroxylation is 1. The molecule has 1 amide bonds. The van der Waals surface area contributed by atoms with Gasteiger partial charge in [-0.2, -0.15) is 4.99 Å². The summed E-state index contributed by atoms with van der Waals surface area (Å²) in [7, 11) is 0. The summed E-state index contributed by atoms with van der Waals surface area (Å²) in [4.78, 5) is 19.4. The highest BCUT2D eigenvalue weighted by Gasteiger charge is 2.15. The third kappa shape index (κ3) is 5.95. The Labute approximate surface area is 196 Å². The Balaban J connectivity index is 1.95. The van der Waals surface area contributed by atoms with Gasteiger partial charge in [-0.3, -0.25) is 4.79 Å². The minimum atomic E-state index is -0.228. The fourth-order valence-electron chi connectivity index (χ4n) is 3.34. The summed E-state index contributed by atoms with van der Waals surface area (Å²) >= 11 is 5.13. The van der Waals surface area contributed by atoms with Crippen LogP contribution in [-0.4, -0.2) is 17.1 Å². The van der Waals surface area contributed by atoms with Crippen molar-refractivity contribution in [1.29, 1.82) is 0 Å². The minimum Gasteiger partial charge on any atom is -0.494 e. The van der Waals surface area contributed by atoms with Crippen LogP contribution in [0.25, 0.3) is 11.3 Å². The second-order valence-electron chi connectivity index (χ2n) is 7.30. The molecule has 2 aromatic carbocycles. The molecule has 4 nitrogen and oxygen atoms in total. The van der Waals surface area contributed by atoms with Gasteiger partial charge < -0.3 is 9.30 Å². The highest BCUT2D eigenvalue weighted by Crippen LogP contribution is 2.28. The summed E-state index contributed by atoms with van der Waals surface area (Å²) in [6, 6.07) is 15.6. The van der Waals surface area contributed by atoms with Gasteiger partial charge in [-0.15, -0.1) is 11.3 Å². The highest BCUT2D eigenvalue weighted by atomic mass is 79.9. The summed E-state index contributed by atoms with van der Waals surface area (Å²) in [6.07, 6.45) is 4.12. The smallest absolute Gasteiger partial charge is 0.279 e. The van der Waals surface area contributed by atoms with Gasteiger partial charge >= 0.3 is 0 Å². The van der Waals surface area contributed by atoms with Crippen LogP contribution >= 0.6 is 27.3 Å². The van der Waals surface area contributed by atoms with Crippen molar-refractivity contribution in [3.63, 3.8) is 0 Å². The van der Waals surface area contributed by atoms with Crippen molar-refractivity contribution in [2.45, 2.75) is 53.0 Å². The number of halogens is 1. The van der Waals surface area contributed by atoms with Crippen LogP contribution in [-0.2, 0) is 13.0 Å². The normalized spacial score (nSPS) is 11.7. The molecule has 0 aliphatic rings. The topological polar surface area (TPSA) is 43.6 Å². The molecule has 0 aliphatic heterocycles. The van der Waals surface area contributed by atoms with E-state index in [0.29, 0.717) is 12.2 Å². The van der Waals surface area contributed by atoms with Gasteiger partial charge in [0.1, 0.15) is 5.75 Å². The molecule has 164 valence electrons. The van der Waals surface area contributed by atoms with Crippen LogP contribution in [0.15, 0.2) is 58.0 Å². The fraction of sp³-hybridized carbons (Fsp3) is 0.360. The van der Waals surface area contributed by atoms with Gasteiger partial charge in [-0.25, -0.2) is 0 Å². The van der Waals surface area contributed by atoms with E-state index in [4.69, 9.17) is 4.74 Å². The Hall–Kier alpha value is -2.18. The molecule has 0 fully saturated rings. The van der Waals surface area contributed by atoms with E-state index in [1.54, 1.807) is 23.5 Å². The Morgan fingerprint density at radius 2 is 1.74 bits per heavy atom. The van der Waals surface area contributed by atoms with E-state index < -0.39 is 0 Å². The molecule has 1 heterocycles. The molecule has 0 bridgehead atoms. The third-order valence-corrected chi connectivity index (χ3v) is 6.62. The number of hydrogen-bond donors (Lipinski definition) is 0. The predicted octanol–water partition coefficient (Wildman–Crippen LogP) is 6.87. The number of benzene rings is 2. The SMILES string of the molecule is CCCCOc1ccc(C(=O)N=c2sc(CCC)c(-c3ccc(Br)cc3)n2CC)cc1. The maximum Gasteiger partial charge on any atom is 0.279 e. The second kappa shape index (κ2) is 11.4. The Morgan fingerprint density at radius 1 is 1.03 bits per heavy atom. The van der Waals surface area contributed by atoms with Crippen LogP contribution in [0.1, 0.15) is 55.3 Å². The first kappa shape index (κ1) is 23.5. The summed E-state index contributed by atoms with van der Waals surface area (Å²) in [5.41, 5.74) is 2.88. The summed E-state index contributed by atoms with van der Waals surface area (Å²) in [5, 5.41) is 0. The number of thiazole rings is 1. The zero-order valence-corrected chi connectivity index (χ0v) is 20.8. The average molecular weight is 501 g/mol. The molecule has 0 radical (unpaired) electrons.